The molecule has 9 heteroatoms. The number of carbonyl (C=O) groups is 3. The predicted molar refractivity (Wildman–Crippen MR) is 166 cm³/mol. The molecule has 1 atom stereocenters. The Balaban J connectivity index is 1.46. The summed E-state index contributed by atoms with van der Waals surface area (Å²) in [6.45, 7) is 3.85. The summed E-state index contributed by atoms with van der Waals surface area (Å²) in [6.07, 6.45) is 2.24. The van der Waals surface area contributed by atoms with Crippen LogP contribution in [0, 0.1) is 6.92 Å². The van der Waals surface area contributed by atoms with E-state index in [0.717, 1.165) is 16.0 Å². The van der Waals surface area contributed by atoms with Gasteiger partial charge in [-0.2, -0.15) is 11.3 Å². The van der Waals surface area contributed by atoms with Gasteiger partial charge in [0.15, 0.2) is 0 Å². The summed E-state index contributed by atoms with van der Waals surface area (Å²) >= 11 is 9.10. The summed E-state index contributed by atoms with van der Waals surface area (Å²) in [5.74, 6) is -0.974. The minimum atomic E-state index is -0.460. The molecular formula is C31H28ClN3O3S2. The highest BCUT2D eigenvalue weighted by Gasteiger charge is 2.20. The Morgan fingerprint density at radius 1 is 0.950 bits per heavy atom. The summed E-state index contributed by atoms with van der Waals surface area (Å²) in [5, 5.41) is 12.6. The number of rotatable bonds is 10. The quantitative estimate of drug-likeness (QED) is 0.131. The van der Waals surface area contributed by atoms with Crippen LogP contribution in [0.4, 0.5) is 11.4 Å². The molecule has 1 aromatic heterocycles. The molecule has 0 aliphatic heterocycles. The molecule has 4 rings (SSSR count). The minimum absolute atomic E-state index is 0.118. The Labute approximate surface area is 246 Å². The zero-order valence-electron chi connectivity index (χ0n) is 21.9. The topological polar surface area (TPSA) is 87.3 Å². The maximum Gasteiger partial charge on any atom is 0.272 e. The molecule has 3 N–H and O–H groups in total. The van der Waals surface area contributed by atoms with Crippen molar-refractivity contribution in [2.75, 3.05) is 10.6 Å². The van der Waals surface area contributed by atoms with Crippen LogP contribution in [0.3, 0.4) is 0 Å². The first-order valence-electron chi connectivity index (χ1n) is 12.6. The van der Waals surface area contributed by atoms with Gasteiger partial charge in [-0.1, -0.05) is 48.9 Å². The zero-order chi connectivity index (χ0) is 28.5. The molecule has 1 unspecified atom stereocenters. The number of nitrogens with one attached hydrogen (secondary N) is 3. The molecule has 0 aliphatic rings. The lowest BCUT2D eigenvalue weighted by Gasteiger charge is -2.16. The number of amides is 3. The number of thiophene rings is 1. The Morgan fingerprint density at radius 2 is 1.73 bits per heavy atom. The standard InChI is InChI=1S/C31H28ClN3O3S2/c1-3-28(31(38)34-24-13-12-20(2)26(32)18-24)40-25-11-7-10-23(17-25)33-30(37)27(16-21-14-15-39-19-21)35-29(36)22-8-5-4-6-9-22/h4-19,28H,3H2,1-2H3,(H,33,37)(H,34,38)(H,35,36)/b27-16-. The van der Waals surface area contributed by atoms with Gasteiger partial charge in [-0.05, 0) is 89.8 Å². The van der Waals surface area contributed by atoms with Gasteiger partial charge in [0.05, 0.1) is 5.25 Å². The summed E-state index contributed by atoms with van der Waals surface area (Å²) in [7, 11) is 0. The highest BCUT2D eigenvalue weighted by atomic mass is 35.5. The van der Waals surface area contributed by atoms with E-state index in [4.69, 9.17) is 11.6 Å². The van der Waals surface area contributed by atoms with E-state index in [1.165, 1.54) is 23.1 Å². The lowest BCUT2D eigenvalue weighted by atomic mass is 10.2. The van der Waals surface area contributed by atoms with Crippen molar-refractivity contribution in [1.29, 1.82) is 0 Å². The van der Waals surface area contributed by atoms with Gasteiger partial charge >= 0.3 is 0 Å². The Kier molecular flexibility index (Phi) is 10.2. The summed E-state index contributed by atoms with van der Waals surface area (Å²) in [4.78, 5) is 39.9. The number of thioether (sulfide) groups is 1. The molecule has 40 heavy (non-hydrogen) atoms. The molecule has 0 bridgehead atoms. The monoisotopic (exact) mass is 589 g/mol. The van der Waals surface area contributed by atoms with Crippen LogP contribution in [0.25, 0.3) is 6.08 Å². The lowest BCUT2D eigenvalue weighted by molar-refractivity contribution is -0.116. The fourth-order valence-corrected chi connectivity index (χ4v) is 5.50. The second-order valence-corrected chi connectivity index (χ2v) is 11.3. The number of anilines is 2. The summed E-state index contributed by atoms with van der Waals surface area (Å²) in [6, 6.07) is 23.3. The molecule has 0 aliphatic carbocycles. The van der Waals surface area contributed by atoms with Crippen molar-refractivity contribution in [3.05, 3.63) is 117 Å². The Morgan fingerprint density at radius 3 is 2.42 bits per heavy atom. The average molecular weight is 590 g/mol. The first kappa shape index (κ1) is 29.1. The van der Waals surface area contributed by atoms with Gasteiger partial charge in [0, 0.05) is 26.9 Å². The zero-order valence-corrected chi connectivity index (χ0v) is 24.3. The lowest BCUT2D eigenvalue weighted by Crippen LogP contribution is -2.30. The third-order valence-electron chi connectivity index (χ3n) is 5.86. The third-order valence-corrected chi connectivity index (χ3v) is 8.32. The number of hydrogen-bond donors (Lipinski definition) is 3. The van der Waals surface area contributed by atoms with Crippen molar-refractivity contribution in [3.63, 3.8) is 0 Å². The van der Waals surface area contributed by atoms with Gasteiger partial charge in [0.25, 0.3) is 11.8 Å². The molecule has 204 valence electrons. The van der Waals surface area contributed by atoms with E-state index >= 15 is 0 Å². The minimum Gasteiger partial charge on any atom is -0.325 e. The van der Waals surface area contributed by atoms with E-state index in [1.807, 2.05) is 67.1 Å². The van der Waals surface area contributed by atoms with Gasteiger partial charge < -0.3 is 16.0 Å². The first-order chi connectivity index (χ1) is 19.3. The SMILES string of the molecule is CCC(Sc1cccc(NC(=O)/C(=C/c2ccsc2)NC(=O)c2ccccc2)c1)C(=O)Nc1ccc(C)c(Cl)c1. The van der Waals surface area contributed by atoms with E-state index in [2.05, 4.69) is 16.0 Å². The number of carbonyl (C=O) groups excluding carboxylic acids is 3. The molecular weight excluding hydrogens is 562 g/mol. The van der Waals surface area contributed by atoms with Crippen LogP contribution in [0.15, 0.2) is 100 Å². The fraction of sp³-hybridized carbons (Fsp3) is 0.129. The van der Waals surface area contributed by atoms with Crippen molar-refractivity contribution >= 4 is 69.9 Å². The van der Waals surface area contributed by atoms with E-state index in [0.29, 0.717) is 28.4 Å². The van der Waals surface area contributed by atoms with Gasteiger partial charge in [-0.25, -0.2) is 0 Å². The highest BCUT2D eigenvalue weighted by molar-refractivity contribution is 8.00. The molecule has 1 heterocycles. The molecule has 3 aromatic carbocycles. The molecule has 3 amide bonds. The number of benzene rings is 3. The second kappa shape index (κ2) is 14.0. The fourth-order valence-electron chi connectivity index (χ4n) is 3.69. The van der Waals surface area contributed by atoms with Gasteiger partial charge in [0.1, 0.15) is 5.70 Å². The van der Waals surface area contributed by atoms with Crippen LogP contribution >= 0.6 is 34.7 Å². The third kappa shape index (κ3) is 8.08. The largest absolute Gasteiger partial charge is 0.325 e. The Hall–Kier alpha value is -3.85. The van der Waals surface area contributed by atoms with Crippen LogP contribution in [0.2, 0.25) is 5.02 Å². The van der Waals surface area contributed by atoms with Crippen molar-refractivity contribution in [1.82, 2.24) is 5.32 Å². The molecule has 0 saturated heterocycles. The van der Waals surface area contributed by atoms with E-state index in [1.54, 1.807) is 42.5 Å². The van der Waals surface area contributed by atoms with Crippen molar-refractivity contribution in [2.24, 2.45) is 0 Å². The van der Waals surface area contributed by atoms with E-state index in [9.17, 15) is 14.4 Å². The summed E-state index contributed by atoms with van der Waals surface area (Å²) < 4.78 is 0. The normalized spacial score (nSPS) is 11.9. The second-order valence-electron chi connectivity index (χ2n) is 8.88. The molecule has 0 radical (unpaired) electrons. The van der Waals surface area contributed by atoms with Crippen molar-refractivity contribution in [2.45, 2.75) is 30.4 Å². The molecule has 6 nitrogen and oxygen atoms in total. The summed E-state index contributed by atoms with van der Waals surface area (Å²) in [5.41, 5.74) is 3.49. The van der Waals surface area contributed by atoms with Crippen LogP contribution in [0.1, 0.15) is 34.8 Å². The maximum absolute atomic E-state index is 13.3. The van der Waals surface area contributed by atoms with Crippen molar-refractivity contribution < 1.29 is 14.4 Å². The van der Waals surface area contributed by atoms with Crippen LogP contribution in [-0.4, -0.2) is 23.0 Å². The van der Waals surface area contributed by atoms with Crippen molar-refractivity contribution in [3.8, 4) is 0 Å². The number of aryl methyl sites for hydroxylation is 1. The first-order valence-corrected chi connectivity index (χ1v) is 14.8. The van der Waals surface area contributed by atoms with Crippen LogP contribution in [-0.2, 0) is 9.59 Å². The number of hydrogen-bond acceptors (Lipinski definition) is 5. The van der Waals surface area contributed by atoms with Gasteiger partial charge in [0.2, 0.25) is 5.91 Å². The van der Waals surface area contributed by atoms with Crippen LogP contribution in [0.5, 0.6) is 0 Å². The number of halogens is 1. The smallest absolute Gasteiger partial charge is 0.272 e. The average Bonchev–Trinajstić information content (AvgIpc) is 3.47. The molecule has 0 spiro atoms. The van der Waals surface area contributed by atoms with E-state index in [-0.39, 0.29) is 22.8 Å². The maximum atomic E-state index is 13.3. The predicted octanol–water partition coefficient (Wildman–Crippen LogP) is 7.63. The highest BCUT2D eigenvalue weighted by Crippen LogP contribution is 2.29. The Bertz CT molecular complexity index is 1520. The molecule has 0 saturated carbocycles. The van der Waals surface area contributed by atoms with Gasteiger partial charge in [-0.3, -0.25) is 14.4 Å². The molecule has 4 aromatic rings. The van der Waals surface area contributed by atoms with Crippen LogP contribution < -0.4 is 16.0 Å². The van der Waals surface area contributed by atoms with Gasteiger partial charge in [-0.15, -0.1) is 11.8 Å². The van der Waals surface area contributed by atoms with E-state index < -0.39 is 5.91 Å². The molecule has 0 fully saturated rings.